The molecule has 2 rings (SSSR count). The monoisotopic (exact) mass is 226 g/mol. The molecule has 0 aromatic rings. The number of carboxylic acid groups (broad SMARTS) is 1. The fourth-order valence-electron chi connectivity index (χ4n) is 3.11. The maximum absolute atomic E-state index is 11.1. The number of carbonyl (C=O) groups is 1. The minimum Gasteiger partial charge on any atom is -0.481 e. The average molecular weight is 226 g/mol. The van der Waals surface area contributed by atoms with Crippen molar-refractivity contribution in [2.24, 2.45) is 11.8 Å². The first kappa shape index (κ1) is 11.9. The molecule has 0 amide bonds. The third-order valence-electron chi connectivity index (χ3n) is 4.05. The van der Waals surface area contributed by atoms with Crippen LogP contribution in [0.4, 0.5) is 0 Å². The molecule has 0 bridgehead atoms. The molecule has 3 nitrogen and oxygen atoms in total. The zero-order valence-electron chi connectivity index (χ0n) is 9.86. The van der Waals surface area contributed by atoms with Crippen LogP contribution in [0.2, 0.25) is 0 Å². The van der Waals surface area contributed by atoms with Crippen LogP contribution >= 0.6 is 0 Å². The van der Waals surface area contributed by atoms with Gasteiger partial charge in [0, 0.05) is 6.61 Å². The van der Waals surface area contributed by atoms with Gasteiger partial charge in [0.15, 0.2) is 0 Å². The second-order valence-corrected chi connectivity index (χ2v) is 5.24. The smallest absolute Gasteiger partial charge is 0.309 e. The Balaban J connectivity index is 1.87. The Labute approximate surface area is 97.2 Å². The fourth-order valence-corrected chi connectivity index (χ4v) is 3.11. The lowest BCUT2D eigenvalue weighted by Crippen LogP contribution is -2.36. The lowest BCUT2D eigenvalue weighted by molar-refractivity contribution is -0.152. The molecule has 1 saturated heterocycles. The van der Waals surface area contributed by atoms with Gasteiger partial charge in [-0.05, 0) is 25.2 Å². The number of carboxylic acids is 1. The van der Waals surface area contributed by atoms with E-state index in [4.69, 9.17) is 9.84 Å². The molecule has 2 aliphatic rings. The van der Waals surface area contributed by atoms with Crippen molar-refractivity contribution in [3.8, 4) is 0 Å². The Bertz CT molecular complexity index is 233. The minimum absolute atomic E-state index is 0.0191. The standard InChI is InChI=1S/C13H22O3/c14-13(15)11-7-4-8-16-12(11)9-10-5-2-1-3-6-10/h10-12H,1-9H2,(H,14,15). The van der Waals surface area contributed by atoms with Gasteiger partial charge >= 0.3 is 5.97 Å². The molecule has 0 aromatic carbocycles. The molecular formula is C13H22O3. The lowest BCUT2D eigenvalue weighted by atomic mass is 9.81. The van der Waals surface area contributed by atoms with Gasteiger partial charge in [-0.15, -0.1) is 0 Å². The van der Waals surface area contributed by atoms with Gasteiger partial charge in [0.2, 0.25) is 0 Å². The van der Waals surface area contributed by atoms with Crippen molar-refractivity contribution in [1.82, 2.24) is 0 Å². The van der Waals surface area contributed by atoms with Gasteiger partial charge in [0.05, 0.1) is 12.0 Å². The number of hydrogen-bond acceptors (Lipinski definition) is 2. The van der Waals surface area contributed by atoms with Crippen molar-refractivity contribution in [3.05, 3.63) is 0 Å². The number of aliphatic carboxylic acids is 1. The van der Waals surface area contributed by atoms with Gasteiger partial charge < -0.3 is 9.84 Å². The van der Waals surface area contributed by atoms with Crippen LogP contribution in [0.15, 0.2) is 0 Å². The first-order valence-corrected chi connectivity index (χ1v) is 6.62. The van der Waals surface area contributed by atoms with Crippen LogP contribution in [-0.2, 0) is 9.53 Å². The quantitative estimate of drug-likeness (QED) is 0.805. The van der Waals surface area contributed by atoms with Crippen LogP contribution in [-0.4, -0.2) is 23.8 Å². The highest BCUT2D eigenvalue weighted by Crippen LogP contribution is 2.32. The topological polar surface area (TPSA) is 46.5 Å². The van der Waals surface area contributed by atoms with Crippen molar-refractivity contribution in [1.29, 1.82) is 0 Å². The van der Waals surface area contributed by atoms with Crippen LogP contribution in [0.25, 0.3) is 0 Å². The van der Waals surface area contributed by atoms with Gasteiger partial charge in [0.1, 0.15) is 0 Å². The van der Waals surface area contributed by atoms with Crippen molar-refractivity contribution in [2.45, 2.75) is 57.5 Å². The van der Waals surface area contributed by atoms with Crippen LogP contribution < -0.4 is 0 Å². The second-order valence-electron chi connectivity index (χ2n) is 5.24. The van der Waals surface area contributed by atoms with E-state index in [0.717, 1.165) is 25.9 Å². The van der Waals surface area contributed by atoms with E-state index in [2.05, 4.69) is 0 Å². The van der Waals surface area contributed by atoms with Gasteiger partial charge in [-0.25, -0.2) is 0 Å². The van der Waals surface area contributed by atoms with E-state index in [-0.39, 0.29) is 12.0 Å². The molecule has 92 valence electrons. The number of rotatable bonds is 3. The molecule has 1 saturated carbocycles. The normalized spacial score (nSPS) is 32.5. The highest BCUT2D eigenvalue weighted by molar-refractivity contribution is 5.70. The Kier molecular flexibility index (Phi) is 4.22. The van der Waals surface area contributed by atoms with Crippen LogP contribution in [0.1, 0.15) is 51.4 Å². The minimum atomic E-state index is -0.666. The van der Waals surface area contributed by atoms with Crippen LogP contribution in [0.5, 0.6) is 0 Å². The average Bonchev–Trinajstić information content (AvgIpc) is 2.31. The highest BCUT2D eigenvalue weighted by Gasteiger charge is 2.33. The Hall–Kier alpha value is -0.570. The third kappa shape index (κ3) is 2.97. The van der Waals surface area contributed by atoms with E-state index < -0.39 is 5.97 Å². The molecule has 1 N–H and O–H groups in total. The zero-order valence-corrected chi connectivity index (χ0v) is 9.86. The van der Waals surface area contributed by atoms with Crippen molar-refractivity contribution in [2.75, 3.05) is 6.61 Å². The molecule has 16 heavy (non-hydrogen) atoms. The Morgan fingerprint density at radius 1 is 1.12 bits per heavy atom. The maximum Gasteiger partial charge on any atom is 0.309 e. The van der Waals surface area contributed by atoms with Gasteiger partial charge in [-0.2, -0.15) is 0 Å². The molecule has 1 aliphatic carbocycles. The van der Waals surface area contributed by atoms with Crippen molar-refractivity contribution < 1.29 is 14.6 Å². The fraction of sp³-hybridized carbons (Fsp3) is 0.923. The molecule has 3 heteroatoms. The highest BCUT2D eigenvalue weighted by atomic mass is 16.5. The summed E-state index contributed by atoms with van der Waals surface area (Å²) in [4.78, 5) is 11.1. The maximum atomic E-state index is 11.1. The lowest BCUT2D eigenvalue weighted by Gasteiger charge is -2.33. The summed E-state index contributed by atoms with van der Waals surface area (Å²) in [7, 11) is 0. The molecule has 1 heterocycles. The van der Waals surface area contributed by atoms with E-state index in [1.807, 2.05) is 0 Å². The predicted octanol–water partition coefficient (Wildman–Crippen LogP) is 2.84. The second kappa shape index (κ2) is 5.67. The molecule has 2 atom stereocenters. The zero-order chi connectivity index (χ0) is 11.4. The summed E-state index contributed by atoms with van der Waals surface area (Å²) >= 11 is 0. The van der Waals surface area contributed by atoms with Gasteiger partial charge in [-0.3, -0.25) is 4.79 Å². The van der Waals surface area contributed by atoms with E-state index in [1.165, 1.54) is 32.1 Å². The molecule has 2 unspecified atom stereocenters. The summed E-state index contributed by atoms with van der Waals surface area (Å²) in [5.41, 5.74) is 0. The molecule has 0 spiro atoms. The summed E-state index contributed by atoms with van der Waals surface area (Å²) in [6.45, 7) is 0.751. The molecule has 2 fully saturated rings. The van der Waals surface area contributed by atoms with E-state index in [9.17, 15) is 4.79 Å². The summed E-state index contributed by atoms with van der Waals surface area (Å²) in [5, 5.41) is 9.16. The Morgan fingerprint density at radius 2 is 1.88 bits per heavy atom. The predicted molar refractivity (Wildman–Crippen MR) is 61.3 cm³/mol. The first-order valence-electron chi connectivity index (χ1n) is 6.62. The summed E-state index contributed by atoms with van der Waals surface area (Å²) in [6.07, 6.45) is 9.17. The Morgan fingerprint density at radius 3 is 2.56 bits per heavy atom. The summed E-state index contributed by atoms with van der Waals surface area (Å²) in [5.74, 6) is -0.213. The van der Waals surface area contributed by atoms with E-state index in [1.54, 1.807) is 0 Å². The molecular weight excluding hydrogens is 204 g/mol. The van der Waals surface area contributed by atoms with Crippen molar-refractivity contribution >= 4 is 5.97 Å². The largest absolute Gasteiger partial charge is 0.481 e. The van der Waals surface area contributed by atoms with E-state index >= 15 is 0 Å². The van der Waals surface area contributed by atoms with Crippen LogP contribution in [0.3, 0.4) is 0 Å². The molecule has 1 aliphatic heterocycles. The first-order chi connectivity index (χ1) is 7.77. The molecule has 0 radical (unpaired) electrons. The molecule has 0 aromatic heterocycles. The number of ether oxygens (including phenoxy) is 1. The van der Waals surface area contributed by atoms with Crippen molar-refractivity contribution in [3.63, 3.8) is 0 Å². The van der Waals surface area contributed by atoms with Gasteiger partial charge in [-0.1, -0.05) is 32.1 Å². The van der Waals surface area contributed by atoms with Gasteiger partial charge in [0.25, 0.3) is 0 Å². The summed E-state index contributed by atoms with van der Waals surface area (Å²) in [6, 6.07) is 0. The third-order valence-corrected chi connectivity index (χ3v) is 4.05. The number of hydrogen-bond donors (Lipinski definition) is 1. The SMILES string of the molecule is O=C(O)C1CCCOC1CC1CCCCC1. The van der Waals surface area contributed by atoms with E-state index in [0.29, 0.717) is 5.92 Å². The van der Waals surface area contributed by atoms with Crippen LogP contribution in [0, 0.1) is 11.8 Å². The summed E-state index contributed by atoms with van der Waals surface area (Å²) < 4.78 is 5.67.